The van der Waals surface area contributed by atoms with E-state index in [1.165, 1.54) is 0 Å². The molecule has 0 aliphatic heterocycles. The number of benzene rings is 1. The van der Waals surface area contributed by atoms with Crippen molar-refractivity contribution < 1.29 is 41.3 Å². The van der Waals surface area contributed by atoms with Crippen LogP contribution in [0.5, 0.6) is 0 Å². The maximum Gasteiger partial charge on any atom is 0.465 e. The number of halogens is 5. The summed E-state index contributed by atoms with van der Waals surface area (Å²) in [5.41, 5.74) is -2.15. The second kappa shape index (κ2) is 6.10. The summed E-state index contributed by atoms with van der Waals surface area (Å²) in [5, 5.41) is 21.1. The maximum atomic E-state index is 12.6. The molecule has 1 aromatic rings. The number of nitrogens with zero attached hydrogens (tertiary/aromatic N) is 2. The van der Waals surface area contributed by atoms with Gasteiger partial charge in [-0.3, -0.25) is 20.2 Å². The Labute approximate surface area is 122 Å². The summed E-state index contributed by atoms with van der Waals surface area (Å²) < 4.78 is 64.7. The first-order valence-electron chi connectivity index (χ1n) is 5.40. The molecule has 0 saturated heterocycles. The Morgan fingerprint density at radius 1 is 1.00 bits per heavy atom. The number of rotatable bonds is 5. The van der Waals surface area contributed by atoms with E-state index in [1.807, 2.05) is 0 Å². The first-order chi connectivity index (χ1) is 10.4. The number of nitro groups is 2. The summed E-state index contributed by atoms with van der Waals surface area (Å²) in [6.45, 7) is -1.24. The van der Waals surface area contributed by atoms with Gasteiger partial charge in [0, 0.05) is 17.7 Å². The van der Waals surface area contributed by atoms with Crippen LogP contribution in [0.3, 0.4) is 0 Å². The number of hydrogen-bond acceptors (Lipinski definition) is 6. The van der Waals surface area contributed by atoms with Crippen LogP contribution in [0.2, 0.25) is 0 Å². The smallest absolute Gasteiger partial charge is 0.456 e. The molecule has 0 saturated carbocycles. The molecule has 0 aliphatic rings. The zero-order valence-corrected chi connectivity index (χ0v) is 10.7. The molecule has 0 unspecified atom stereocenters. The topological polar surface area (TPSA) is 113 Å². The molecule has 0 fully saturated rings. The van der Waals surface area contributed by atoms with Crippen LogP contribution in [0.4, 0.5) is 33.3 Å². The van der Waals surface area contributed by atoms with Crippen LogP contribution in [0.15, 0.2) is 18.2 Å². The molecule has 1 aromatic carbocycles. The molecular weight excluding hydrogens is 339 g/mol. The van der Waals surface area contributed by atoms with Gasteiger partial charge in [-0.1, -0.05) is 0 Å². The SMILES string of the molecule is O=C(OCc1cc([N+](=O)[O-])cc([N+](=O)[O-])c1)C(F)(F)C(F)(F)F. The summed E-state index contributed by atoms with van der Waals surface area (Å²) in [7, 11) is 0. The highest BCUT2D eigenvalue weighted by atomic mass is 19.4. The lowest BCUT2D eigenvalue weighted by molar-refractivity contribution is -0.394. The largest absolute Gasteiger partial charge is 0.465 e. The molecule has 126 valence electrons. The van der Waals surface area contributed by atoms with Gasteiger partial charge in [0.15, 0.2) is 0 Å². The molecular formula is C10H5F5N2O6. The van der Waals surface area contributed by atoms with Crippen molar-refractivity contribution in [3.63, 3.8) is 0 Å². The van der Waals surface area contributed by atoms with Crippen molar-refractivity contribution >= 4 is 17.3 Å². The molecule has 23 heavy (non-hydrogen) atoms. The van der Waals surface area contributed by atoms with Crippen LogP contribution < -0.4 is 0 Å². The number of hydrogen-bond donors (Lipinski definition) is 0. The quantitative estimate of drug-likeness (QED) is 0.351. The monoisotopic (exact) mass is 344 g/mol. The minimum Gasteiger partial charge on any atom is -0.456 e. The number of esters is 1. The average molecular weight is 344 g/mol. The second-order valence-corrected chi connectivity index (χ2v) is 4.02. The maximum absolute atomic E-state index is 12.6. The van der Waals surface area contributed by atoms with Gasteiger partial charge in [-0.15, -0.1) is 0 Å². The molecule has 0 bridgehead atoms. The molecule has 0 heterocycles. The Morgan fingerprint density at radius 3 is 1.78 bits per heavy atom. The number of carbonyl (C=O) groups excluding carboxylic acids is 1. The summed E-state index contributed by atoms with van der Waals surface area (Å²) in [6, 6.07) is 1.80. The third-order valence-electron chi connectivity index (χ3n) is 2.37. The van der Waals surface area contributed by atoms with Gasteiger partial charge < -0.3 is 4.74 Å². The van der Waals surface area contributed by atoms with Gasteiger partial charge in [-0.25, -0.2) is 4.79 Å². The molecule has 13 heteroatoms. The normalized spacial score (nSPS) is 11.9. The standard InChI is InChI=1S/C10H5F5N2O6/c11-9(12,10(13,14)15)8(18)23-4-5-1-6(16(19)20)3-7(2-5)17(21)22/h1-3H,4H2. The fraction of sp³-hybridized carbons (Fsp3) is 0.300. The van der Waals surface area contributed by atoms with Gasteiger partial charge in [-0.2, -0.15) is 22.0 Å². The lowest BCUT2D eigenvalue weighted by Gasteiger charge is -2.17. The first-order valence-corrected chi connectivity index (χ1v) is 5.40. The summed E-state index contributed by atoms with van der Waals surface area (Å²) in [5.74, 6) is -8.71. The molecule has 0 atom stereocenters. The van der Waals surface area contributed by atoms with Crippen LogP contribution in [0.1, 0.15) is 5.56 Å². The third-order valence-corrected chi connectivity index (χ3v) is 2.37. The van der Waals surface area contributed by atoms with E-state index in [0.29, 0.717) is 18.2 Å². The highest BCUT2D eigenvalue weighted by Gasteiger charge is 2.64. The minimum absolute atomic E-state index is 0.503. The van der Waals surface area contributed by atoms with E-state index in [1.54, 1.807) is 0 Å². The predicted molar refractivity (Wildman–Crippen MR) is 60.5 cm³/mol. The van der Waals surface area contributed by atoms with E-state index in [-0.39, 0.29) is 0 Å². The molecule has 0 spiro atoms. The zero-order valence-electron chi connectivity index (χ0n) is 10.7. The number of alkyl halides is 5. The highest BCUT2D eigenvalue weighted by molar-refractivity contribution is 5.78. The van der Waals surface area contributed by atoms with Crippen molar-refractivity contribution in [2.45, 2.75) is 18.7 Å². The molecule has 8 nitrogen and oxygen atoms in total. The van der Waals surface area contributed by atoms with E-state index < -0.39 is 51.5 Å². The Kier molecular flexibility index (Phi) is 4.82. The Bertz CT molecular complexity index is 627. The van der Waals surface area contributed by atoms with Crippen molar-refractivity contribution in [2.24, 2.45) is 0 Å². The lowest BCUT2D eigenvalue weighted by Crippen LogP contribution is -2.45. The van der Waals surface area contributed by atoms with Gasteiger partial charge in [0.25, 0.3) is 11.4 Å². The zero-order chi connectivity index (χ0) is 18.0. The number of ether oxygens (including phenoxy) is 1. The van der Waals surface area contributed by atoms with Gasteiger partial charge in [0.1, 0.15) is 6.61 Å². The fourth-order valence-electron chi connectivity index (χ4n) is 1.31. The van der Waals surface area contributed by atoms with E-state index in [2.05, 4.69) is 4.74 Å². The first kappa shape index (κ1) is 18.2. The molecule has 0 aromatic heterocycles. The summed E-state index contributed by atoms with van der Waals surface area (Å²) in [4.78, 5) is 29.8. The summed E-state index contributed by atoms with van der Waals surface area (Å²) in [6.07, 6.45) is -6.18. The lowest BCUT2D eigenvalue weighted by atomic mass is 10.2. The van der Waals surface area contributed by atoms with Crippen molar-refractivity contribution in [2.75, 3.05) is 0 Å². The van der Waals surface area contributed by atoms with Crippen molar-refractivity contribution in [3.8, 4) is 0 Å². The van der Waals surface area contributed by atoms with Gasteiger partial charge >= 0.3 is 18.1 Å². The number of nitro benzene ring substituents is 2. The average Bonchev–Trinajstić information content (AvgIpc) is 2.42. The molecule has 0 N–H and O–H groups in total. The van der Waals surface area contributed by atoms with Gasteiger partial charge in [-0.05, 0) is 0 Å². The van der Waals surface area contributed by atoms with Crippen LogP contribution in [-0.2, 0) is 16.1 Å². The molecule has 1 rings (SSSR count). The minimum atomic E-state index is -6.18. The second-order valence-electron chi connectivity index (χ2n) is 4.02. The Morgan fingerprint density at radius 2 is 1.43 bits per heavy atom. The van der Waals surface area contributed by atoms with Gasteiger partial charge in [0.05, 0.1) is 15.9 Å². The van der Waals surface area contributed by atoms with Crippen LogP contribution in [0, 0.1) is 20.2 Å². The highest BCUT2D eigenvalue weighted by Crippen LogP contribution is 2.36. The van der Waals surface area contributed by atoms with Crippen LogP contribution in [0.25, 0.3) is 0 Å². The third kappa shape index (κ3) is 4.08. The summed E-state index contributed by atoms with van der Waals surface area (Å²) >= 11 is 0. The predicted octanol–water partition coefficient (Wildman–Crippen LogP) is 2.74. The van der Waals surface area contributed by atoms with E-state index >= 15 is 0 Å². The van der Waals surface area contributed by atoms with Gasteiger partial charge in [0.2, 0.25) is 0 Å². The Hall–Kier alpha value is -2.86. The van der Waals surface area contributed by atoms with E-state index in [4.69, 9.17) is 0 Å². The van der Waals surface area contributed by atoms with Crippen LogP contribution in [-0.4, -0.2) is 27.9 Å². The fourth-order valence-corrected chi connectivity index (χ4v) is 1.31. The Balaban J connectivity index is 3.00. The molecule has 0 aliphatic carbocycles. The van der Waals surface area contributed by atoms with E-state index in [0.717, 1.165) is 0 Å². The van der Waals surface area contributed by atoms with Crippen molar-refractivity contribution in [1.82, 2.24) is 0 Å². The molecule has 0 radical (unpaired) electrons. The van der Waals surface area contributed by atoms with Crippen molar-refractivity contribution in [3.05, 3.63) is 44.0 Å². The van der Waals surface area contributed by atoms with Crippen molar-refractivity contribution in [1.29, 1.82) is 0 Å². The van der Waals surface area contributed by atoms with Crippen LogP contribution >= 0.6 is 0 Å². The number of non-ortho nitro benzene ring substituents is 2. The number of carbonyl (C=O) groups is 1. The molecule has 0 amide bonds. The van der Waals surface area contributed by atoms with E-state index in [9.17, 15) is 47.0 Å².